The van der Waals surface area contributed by atoms with E-state index in [0.717, 1.165) is 17.1 Å². The first kappa shape index (κ1) is 24.9. The molecule has 1 aromatic rings. The minimum Gasteiger partial charge on any atom is -0.487 e. The van der Waals surface area contributed by atoms with Gasteiger partial charge in [-0.25, -0.2) is 9.59 Å². The first-order valence-corrected chi connectivity index (χ1v) is 12.1. The van der Waals surface area contributed by atoms with Crippen molar-refractivity contribution >= 4 is 29.2 Å². The van der Waals surface area contributed by atoms with E-state index < -0.39 is 17.2 Å². The monoisotopic (exact) mass is 483 g/mol. The number of rotatable bonds is 4. The molecular formula is C26H33N3O6. The first-order valence-electron chi connectivity index (χ1n) is 12.1. The third kappa shape index (κ3) is 5.54. The number of benzene rings is 1. The highest BCUT2D eigenvalue weighted by Gasteiger charge is 2.38. The van der Waals surface area contributed by atoms with Gasteiger partial charge in [0.15, 0.2) is 5.75 Å². The lowest BCUT2D eigenvalue weighted by molar-refractivity contribution is -0.161. The van der Waals surface area contributed by atoms with E-state index in [4.69, 9.17) is 9.47 Å². The molecule has 3 aliphatic heterocycles. The number of piperidine rings is 2. The molecule has 0 spiro atoms. The number of anilines is 2. The third-order valence-corrected chi connectivity index (χ3v) is 6.69. The molecule has 1 aromatic carbocycles. The smallest absolute Gasteiger partial charge is 0.309 e. The summed E-state index contributed by atoms with van der Waals surface area (Å²) >= 11 is 0. The van der Waals surface area contributed by atoms with Crippen LogP contribution in [-0.4, -0.2) is 66.4 Å². The van der Waals surface area contributed by atoms with E-state index in [1.54, 1.807) is 0 Å². The summed E-state index contributed by atoms with van der Waals surface area (Å²) in [6.07, 6.45) is 1.96. The second kappa shape index (κ2) is 9.78. The Hall–Kier alpha value is -3.25. The van der Waals surface area contributed by atoms with E-state index in [9.17, 15) is 19.5 Å². The fourth-order valence-corrected chi connectivity index (χ4v) is 5.03. The van der Waals surface area contributed by atoms with Crippen molar-refractivity contribution in [3.05, 3.63) is 29.6 Å². The summed E-state index contributed by atoms with van der Waals surface area (Å²) in [5.74, 6) is 4.15. The number of allylic oxidation sites excluding steroid dienone is 1. The zero-order chi connectivity index (χ0) is 25.2. The lowest BCUT2D eigenvalue weighted by atomic mass is 9.88. The summed E-state index contributed by atoms with van der Waals surface area (Å²) in [5.41, 5.74) is 0.814. The predicted molar refractivity (Wildman–Crippen MR) is 131 cm³/mol. The number of carbonyl (C=O) groups excluding carboxylic acids is 3. The highest BCUT2D eigenvalue weighted by Crippen LogP contribution is 2.44. The molecule has 0 bridgehead atoms. The van der Waals surface area contributed by atoms with Crippen LogP contribution in [0.25, 0.3) is 0 Å². The Morgan fingerprint density at radius 2 is 1.91 bits per heavy atom. The van der Waals surface area contributed by atoms with Crippen molar-refractivity contribution in [2.24, 2.45) is 0 Å². The summed E-state index contributed by atoms with van der Waals surface area (Å²) in [4.78, 5) is 39.2. The molecule has 4 rings (SSSR count). The summed E-state index contributed by atoms with van der Waals surface area (Å²) in [6.45, 7) is 7.63. The lowest BCUT2D eigenvalue weighted by Gasteiger charge is -2.43. The number of nitrogens with zero attached hydrogens (tertiary/aromatic N) is 2. The molecular weight excluding hydrogens is 450 g/mol. The fraction of sp³-hybridized carbons (Fsp3) is 0.577. The van der Waals surface area contributed by atoms with Crippen LogP contribution >= 0.6 is 0 Å². The number of hydrogen-bond donors (Lipinski definition) is 2. The predicted octanol–water partition coefficient (Wildman–Crippen LogP) is 2.13. The van der Waals surface area contributed by atoms with Crippen LogP contribution in [0.1, 0.15) is 52.9 Å². The zero-order valence-electron chi connectivity index (χ0n) is 20.6. The van der Waals surface area contributed by atoms with Crippen LogP contribution in [0, 0.1) is 0 Å². The number of aliphatic hydroxyl groups is 1. The average molecular weight is 484 g/mol. The van der Waals surface area contributed by atoms with E-state index in [2.05, 4.69) is 15.1 Å². The first-order chi connectivity index (χ1) is 16.6. The molecule has 3 aliphatic rings. The van der Waals surface area contributed by atoms with Crippen LogP contribution in [0.4, 0.5) is 11.4 Å². The van der Waals surface area contributed by atoms with Crippen LogP contribution < -0.4 is 19.9 Å². The molecule has 1 atom stereocenters. The largest absolute Gasteiger partial charge is 0.487 e. The molecule has 35 heavy (non-hydrogen) atoms. The molecule has 1 unspecified atom stereocenters. The maximum absolute atomic E-state index is 12.3. The topological polar surface area (TPSA) is 108 Å². The van der Waals surface area contributed by atoms with Gasteiger partial charge in [-0.15, -0.1) is 0 Å². The van der Waals surface area contributed by atoms with Crippen molar-refractivity contribution in [2.75, 3.05) is 36.0 Å². The number of nitrogens with one attached hydrogen (secondary N) is 1. The molecule has 188 valence electrons. The summed E-state index contributed by atoms with van der Waals surface area (Å²) in [5, 5.41) is 13.9. The van der Waals surface area contributed by atoms with E-state index in [1.165, 1.54) is 0 Å². The van der Waals surface area contributed by atoms with Crippen molar-refractivity contribution < 1.29 is 29.0 Å². The lowest BCUT2D eigenvalue weighted by Crippen LogP contribution is -2.48. The molecule has 3 heterocycles. The number of fused-ring (bicyclic) bond motifs is 1. The van der Waals surface area contributed by atoms with Gasteiger partial charge in [0.05, 0.1) is 36.0 Å². The van der Waals surface area contributed by atoms with Gasteiger partial charge in [-0.05, 0) is 52.2 Å². The van der Waals surface area contributed by atoms with Crippen molar-refractivity contribution in [1.82, 2.24) is 5.32 Å². The highest BCUT2D eigenvalue weighted by atomic mass is 16.6. The average Bonchev–Trinajstić information content (AvgIpc) is 2.82. The maximum Gasteiger partial charge on any atom is 0.309 e. The van der Waals surface area contributed by atoms with Gasteiger partial charge in [-0.2, -0.15) is 0 Å². The molecule has 0 radical (unpaired) electrons. The van der Waals surface area contributed by atoms with Crippen LogP contribution in [0.5, 0.6) is 5.75 Å². The van der Waals surface area contributed by atoms with Crippen LogP contribution in [0.15, 0.2) is 29.6 Å². The summed E-state index contributed by atoms with van der Waals surface area (Å²) < 4.78 is 11.5. The zero-order valence-corrected chi connectivity index (χ0v) is 20.6. The van der Waals surface area contributed by atoms with Gasteiger partial charge in [0, 0.05) is 19.5 Å². The number of esters is 1. The van der Waals surface area contributed by atoms with Gasteiger partial charge < -0.3 is 29.7 Å². The maximum atomic E-state index is 12.3. The quantitative estimate of drug-likeness (QED) is 0.492. The molecule has 0 saturated carbocycles. The Balaban J connectivity index is 1.49. The minimum absolute atomic E-state index is 0.0258. The summed E-state index contributed by atoms with van der Waals surface area (Å²) in [7, 11) is 0. The van der Waals surface area contributed by atoms with Gasteiger partial charge in [0.25, 0.3) is 0 Å². The number of carbonyl (C=O) groups is 1. The van der Waals surface area contributed by atoms with E-state index >= 15 is 0 Å². The minimum atomic E-state index is -1.10. The SMILES string of the molecule is CC(C)(C)OC(=O)CC1(O)CCN(c2cccc3c2OCCN3C2CCC(=C=O)NC2=C=O)CC1. The molecule has 2 saturated heterocycles. The van der Waals surface area contributed by atoms with E-state index in [-0.39, 0.29) is 12.5 Å². The van der Waals surface area contributed by atoms with E-state index in [0.29, 0.717) is 63.3 Å². The van der Waals surface area contributed by atoms with Crippen LogP contribution in [0.3, 0.4) is 0 Å². The normalized spacial score (nSPS) is 21.8. The molecule has 2 N–H and O–H groups in total. The number of para-hydroxylation sites is 1. The van der Waals surface area contributed by atoms with Gasteiger partial charge in [0.1, 0.15) is 35.5 Å². The molecule has 2 fully saturated rings. The summed E-state index contributed by atoms with van der Waals surface area (Å²) in [6, 6.07) is 5.68. The van der Waals surface area contributed by atoms with E-state index in [1.807, 2.05) is 50.9 Å². The van der Waals surface area contributed by atoms with Crippen LogP contribution in [-0.2, 0) is 19.1 Å². The Morgan fingerprint density at radius 1 is 1.20 bits per heavy atom. The molecule has 0 aromatic heterocycles. The second-order valence-electron chi connectivity index (χ2n) is 10.4. The second-order valence-corrected chi connectivity index (χ2v) is 10.4. The third-order valence-electron chi connectivity index (χ3n) is 6.69. The number of hydrogen-bond acceptors (Lipinski definition) is 9. The Kier molecular flexibility index (Phi) is 6.95. The van der Waals surface area contributed by atoms with Crippen molar-refractivity contribution in [2.45, 2.75) is 70.1 Å². The number of ether oxygens (including phenoxy) is 2. The van der Waals surface area contributed by atoms with Crippen LogP contribution in [0.2, 0.25) is 0 Å². The van der Waals surface area contributed by atoms with Gasteiger partial charge in [0.2, 0.25) is 0 Å². The van der Waals surface area contributed by atoms with Crippen molar-refractivity contribution in [1.29, 1.82) is 0 Å². The van der Waals surface area contributed by atoms with Crippen molar-refractivity contribution in [3.8, 4) is 5.75 Å². The van der Waals surface area contributed by atoms with Gasteiger partial charge >= 0.3 is 5.97 Å². The Morgan fingerprint density at radius 3 is 2.57 bits per heavy atom. The molecule has 0 aliphatic carbocycles. The fourth-order valence-electron chi connectivity index (χ4n) is 5.03. The van der Waals surface area contributed by atoms with Crippen molar-refractivity contribution in [3.63, 3.8) is 0 Å². The molecule has 9 heteroatoms. The molecule has 0 amide bonds. The van der Waals surface area contributed by atoms with Gasteiger partial charge in [-0.1, -0.05) is 6.07 Å². The Labute approximate surface area is 205 Å². The van der Waals surface area contributed by atoms with Gasteiger partial charge in [-0.3, -0.25) is 4.79 Å². The molecule has 9 nitrogen and oxygen atoms in total. The Bertz CT molecular complexity index is 1070. The highest BCUT2D eigenvalue weighted by molar-refractivity contribution is 5.76. The standard InChI is InChI=1S/C26H33N3O6/c1-25(2,3)35-23(32)15-26(33)9-11-28(12-10-26)21-5-4-6-22-24(21)34-14-13-29(22)20-8-7-18(16-30)27-19(20)17-31/h4-6,20,27,33H,7-15H2,1-3H3.